The fraction of sp³-hybridized carbons (Fsp3) is 0.136. The Hall–Kier alpha value is -2.93. The second-order valence-electron chi connectivity index (χ2n) is 6.03. The Morgan fingerprint density at radius 3 is 2.67 bits per heavy atom. The van der Waals surface area contributed by atoms with Gasteiger partial charge in [-0.1, -0.05) is 0 Å². The minimum atomic E-state index is -0.0815. The number of hydrogen-bond donors (Lipinski definition) is 0. The molecule has 0 radical (unpaired) electrons. The SMILES string of the molecule is C=Cc1ccc(-c2ccc(C(COC=O)c3[se]cnc3C)cc2C#N)cc1. The molecule has 1 aromatic heterocycles. The van der Waals surface area contributed by atoms with E-state index in [-0.39, 0.29) is 27.0 Å². The molecule has 0 fully saturated rings. The van der Waals surface area contributed by atoms with E-state index in [1.807, 2.05) is 54.5 Å². The van der Waals surface area contributed by atoms with E-state index in [0.717, 1.165) is 27.9 Å². The van der Waals surface area contributed by atoms with Crippen LogP contribution in [0.4, 0.5) is 0 Å². The molecule has 3 aromatic rings. The van der Waals surface area contributed by atoms with E-state index in [9.17, 15) is 10.1 Å². The normalized spacial score (nSPS) is 11.4. The van der Waals surface area contributed by atoms with Gasteiger partial charge in [0.2, 0.25) is 0 Å². The van der Waals surface area contributed by atoms with Crippen molar-refractivity contribution < 1.29 is 9.53 Å². The molecule has 4 nitrogen and oxygen atoms in total. The molecule has 2 aromatic carbocycles. The average molecular weight is 421 g/mol. The standard InChI is InChI=1S/C22H18N2O2Se/c1-3-16-4-6-17(7-5-16)20-9-8-18(10-19(20)11-23)21(12-26-14-25)22-15(2)24-13-27-22/h3-10,13-14,21H,1,12H2,2H3. The molecule has 134 valence electrons. The molecule has 0 bridgehead atoms. The molecule has 3 rings (SSSR count). The van der Waals surface area contributed by atoms with Crippen molar-refractivity contribution in [2.45, 2.75) is 12.8 Å². The van der Waals surface area contributed by atoms with E-state index in [1.165, 1.54) is 4.44 Å². The molecule has 0 amide bonds. The van der Waals surface area contributed by atoms with Gasteiger partial charge in [-0.2, -0.15) is 0 Å². The van der Waals surface area contributed by atoms with Gasteiger partial charge in [0.1, 0.15) is 0 Å². The molecule has 0 saturated carbocycles. The van der Waals surface area contributed by atoms with Gasteiger partial charge in [-0.3, -0.25) is 0 Å². The van der Waals surface area contributed by atoms with Crippen molar-refractivity contribution in [2.75, 3.05) is 6.61 Å². The Labute approximate surface area is 164 Å². The molecule has 0 aliphatic rings. The predicted molar refractivity (Wildman–Crippen MR) is 106 cm³/mol. The van der Waals surface area contributed by atoms with Crippen LogP contribution >= 0.6 is 0 Å². The van der Waals surface area contributed by atoms with E-state index in [2.05, 4.69) is 17.6 Å². The van der Waals surface area contributed by atoms with Gasteiger partial charge < -0.3 is 0 Å². The summed E-state index contributed by atoms with van der Waals surface area (Å²) in [5.74, 6) is -0.0815. The fourth-order valence-electron chi connectivity index (χ4n) is 3.03. The maximum atomic E-state index is 10.7. The van der Waals surface area contributed by atoms with Crippen molar-refractivity contribution in [2.24, 2.45) is 0 Å². The first-order valence-electron chi connectivity index (χ1n) is 8.40. The Morgan fingerprint density at radius 1 is 1.30 bits per heavy atom. The van der Waals surface area contributed by atoms with Gasteiger partial charge in [0, 0.05) is 0 Å². The van der Waals surface area contributed by atoms with Crippen LogP contribution in [0.1, 0.15) is 32.7 Å². The van der Waals surface area contributed by atoms with Gasteiger partial charge in [0.05, 0.1) is 0 Å². The van der Waals surface area contributed by atoms with Crippen LogP contribution in [0.5, 0.6) is 0 Å². The third-order valence-electron chi connectivity index (χ3n) is 4.45. The summed E-state index contributed by atoms with van der Waals surface area (Å²) in [6.45, 7) is 6.45. The predicted octanol–water partition coefficient (Wildman–Crippen LogP) is 3.93. The van der Waals surface area contributed by atoms with Crippen molar-refractivity contribution >= 4 is 27.1 Å². The van der Waals surface area contributed by atoms with Gasteiger partial charge in [-0.15, -0.1) is 0 Å². The van der Waals surface area contributed by atoms with Crippen LogP contribution in [-0.4, -0.2) is 32.6 Å². The van der Waals surface area contributed by atoms with Gasteiger partial charge in [-0.25, -0.2) is 0 Å². The van der Waals surface area contributed by atoms with Crippen LogP contribution in [-0.2, 0) is 9.53 Å². The Morgan fingerprint density at radius 2 is 2.07 bits per heavy atom. The van der Waals surface area contributed by atoms with Crippen LogP contribution in [0.25, 0.3) is 17.2 Å². The van der Waals surface area contributed by atoms with Gasteiger partial charge in [0.15, 0.2) is 0 Å². The second-order valence-corrected chi connectivity index (χ2v) is 7.89. The summed E-state index contributed by atoms with van der Waals surface area (Å²) >= 11 is 0.132. The number of aryl methyl sites for hydroxylation is 1. The monoisotopic (exact) mass is 422 g/mol. The van der Waals surface area contributed by atoms with Gasteiger partial charge >= 0.3 is 164 Å². The zero-order chi connectivity index (χ0) is 19.2. The van der Waals surface area contributed by atoms with E-state index in [1.54, 1.807) is 6.08 Å². The van der Waals surface area contributed by atoms with Crippen LogP contribution in [0, 0.1) is 18.3 Å². The van der Waals surface area contributed by atoms with E-state index >= 15 is 0 Å². The second kappa shape index (κ2) is 8.64. The van der Waals surface area contributed by atoms with Crippen LogP contribution in [0.2, 0.25) is 0 Å². The molecule has 1 heterocycles. The summed E-state index contributed by atoms with van der Waals surface area (Å²) in [4.78, 5) is 15.1. The topological polar surface area (TPSA) is 63.0 Å². The van der Waals surface area contributed by atoms with Crippen molar-refractivity contribution in [1.29, 1.82) is 5.26 Å². The summed E-state index contributed by atoms with van der Waals surface area (Å²) in [5.41, 5.74) is 5.42. The molecule has 0 spiro atoms. The number of aromatic nitrogens is 1. The van der Waals surface area contributed by atoms with Crippen LogP contribution < -0.4 is 0 Å². The van der Waals surface area contributed by atoms with E-state index in [4.69, 9.17) is 4.74 Å². The molecule has 5 heteroatoms. The third-order valence-corrected chi connectivity index (χ3v) is 6.65. The molecular formula is C22H18N2O2Se. The number of hydrogen-bond acceptors (Lipinski definition) is 4. The molecule has 0 aliphatic heterocycles. The number of ether oxygens (including phenoxy) is 1. The Balaban J connectivity index is 2.03. The fourth-order valence-corrected chi connectivity index (χ4v) is 4.95. The molecule has 27 heavy (non-hydrogen) atoms. The molecule has 0 N–H and O–H groups in total. The number of nitriles is 1. The first kappa shape index (κ1) is 18.8. The quantitative estimate of drug-likeness (QED) is 0.428. The molecule has 1 unspecified atom stereocenters. The number of carbonyl (C=O) groups is 1. The number of carbonyl (C=O) groups excluding carboxylic acids is 1. The van der Waals surface area contributed by atoms with Crippen molar-refractivity contribution in [3.8, 4) is 17.2 Å². The molecule has 0 saturated heterocycles. The maximum absolute atomic E-state index is 10.7. The van der Waals surface area contributed by atoms with Crippen LogP contribution in [0.15, 0.2) is 54.1 Å². The number of rotatable bonds is 7. The van der Waals surface area contributed by atoms with Crippen LogP contribution in [0.3, 0.4) is 0 Å². The van der Waals surface area contributed by atoms with Gasteiger partial charge in [0.25, 0.3) is 0 Å². The summed E-state index contributed by atoms with van der Waals surface area (Å²) < 4.78 is 6.25. The zero-order valence-corrected chi connectivity index (χ0v) is 16.6. The summed E-state index contributed by atoms with van der Waals surface area (Å²) in [6.07, 6.45) is 1.79. The molecule has 1 atom stereocenters. The van der Waals surface area contributed by atoms with Crippen molar-refractivity contribution in [3.63, 3.8) is 0 Å². The zero-order valence-electron chi connectivity index (χ0n) is 14.9. The number of benzene rings is 2. The molecule has 0 aliphatic carbocycles. The molecular weight excluding hydrogens is 403 g/mol. The average Bonchev–Trinajstić information content (AvgIpc) is 3.14. The van der Waals surface area contributed by atoms with E-state index < -0.39 is 0 Å². The summed E-state index contributed by atoms with van der Waals surface area (Å²) in [5, 5.41) is 11.6. The number of nitrogens with zero attached hydrogens (tertiary/aromatic N) is 2. The first-order chi connectivity index (χ1) is 13.2. The van der Waals surface area contributed by atoms with Gasteiger partial charge in [-0.05, 0) is 0 Å². The van der Waals surface area contributed by atoms with E-state index in [0.29, 0.717) is 12.0 Å². The van der Waals surface area contributed by atoms with Crippen molar-refractivity contribution in [3.05, 3.63) is 80.9 Å². The Kier molecular flexibility index (Phi) is 6.03. The third kappa shape index (κ3) is 4.09. The minimum absolute atomic E-state index is 0.0815. The van der Waals surface area contributed by atoms with Crippen molar-refractivity contribution in [1.82, 2.24) is 4.98 Å². The summed E-state index contributed by atoms with van der Waals surface area (Å²) in [6, 6.07) is 16.1. The Bertz CT molecular complexity index is 1000. The first-order valence-corrected chi connectivity index (χ1v) is 10.2. The summed E-state index contributed by atoms with van der Waals surface area (Å²) in [7, 11) is 0.